The van der Waals surface area contributed by atoms with Crippen molar-refractivity contribution in [2.45, 2.75) is 19.5 Å². The molecule has 1 heterocycles. The molecule has 0 radical (unpaired) electrons. The summed E-state index contributed by atoms with van der Waals surface area (Å²) >= 11 is 0. The Morgan fingerprint density at radius 1 is 1.14 bits per heavy atom. The molecule has 0 fully saturated rings. The number of nitrogens with zero attached hydrogens (tertiary/aromatic N) is 2. The molecule has 2 unspecified atom stereocenters. The number of nitrogens with one attached hydrogen (secondary N) is 2. The summed E-state index contributed by atoms with van der Waals surface area (Å²) in [4.78, 5) is 16.9. The number of fused-ring (bicyclic) bond motifs is 1. The zero-order chi connectivity index (χ0) is 18.5. The molecule has 2 N–H and O–H groups in total. The highest BCUT2D eigenvalue weighted by Gasteiger charge is 2.20. The number of carbonyl (C=O) groups excluding carboxylic acids is 1. The van der Waals surface area contributed by atoms with Gasteiger partial charge in [-0.25, -0.2) is 9.37 Å². The number of halogens is 3. The van der Waals surface area contributed by atoms with Crippen LogP contribution >= 0.6 is 24.8 Å². The van der Waals surface area contributed by atoms with Crippen LogP contribution in [0.3, 0.4) is 0 Å². The lowest BCUT2D eigenvalue weighted by Gasteiger charge is -2.22. The summed E-state index contributed by atoms with van der Waals surface area (Å²) in [5, 5.41) is 6.10. The maximum Gasteiger partial charge on any atom is 0.224 e. The van der Waals surface area contributed by atoms with Crippen LogP contribution in [-0.2, 0) is 11.3 Å². The molecular weight excluding hydrogens is 402 g/mol. The van der Waals surface area contributed by atoms with E-state index in [4.69, 9.17) is 0 Å². The van der Waals surface area contributed by atoms with Crippen LogP contribution in [0.1, 0.15) is 18.5 Å². The molecule has 0 bridgehead atoms. The van der Waals surface area contributed by atoms with E-state index in [2.05, 4.69) is 15.6 Å². The predicted molar refractivity (Wildman–Crippen MR) is 115 cm³/mol. The van der Waals surface area contributed by atoms with Crippen molar-refractivity contribution in [3.8, 4) is 0 Å². The largest absolute Gasteiger partial charge is 0.347 e. The predicted octanol–water partition coefficient (Wildman–Crippen LogP) is 3.73. The normalized spacial score (nSPS) is 12.5. The number of amides is 1. The molecule has 1 amide bonds. The average molecular weight is 427 g/mol. The zero-order valence-electron chi connectivity index (χ0n) is 15.8. The Hall–Kier alpha value is -2.15. The van der Waals surface area contributed by atoms with Gasteiger partial charge in [0.25, 0.3) is 0 Å². The Bertz CT molecular complexity index is 885. The van der Waals surface area contributed by atoms with Gasteiger partial charge in [0.1, 0.15) is 5.82 Å². The maximum absolute atomic E-state index is 13.3. The Kier molecular flexibility index (Phi) is 9.38. The molecule has 28 heavy (non-hydrogen) atoms. The molecule has 0 aliphatic rings. The minimum absolute atomic E-state index is 0. The molecule has 0 spiro atoms. The fraction of sp³-hybridized carbons (Fsp3) is 0.300. The highest BCUT2D eigenvalue weighted by Crippen LogP contribution is 2.20. The van der Waals surface area contributed by atoms with Crippen LogP contribution in [0.4, 0.5) is 4.39 Å². The van der Waals surface area contributed by atoms with Crippen LogP contribution in [0.15, 0.2) is 54.9 Å². The van der Waals surface area contributed by atoms with Crippen LogP contribution in [0.25, 0.3) is 11.0 Å². The molecule has 0 aliphatic carbocycles. The van der Waals surface area contributed by atoms with E-state index in [0.717, 1.165) is 16.6 Å². The standard InChI is InChI=1S/C20H23FN4O.2ClH/c1-14(11-22-2)20(26)24-18(15-7-9-16(21)10-8-15)12-25-13-23-17-5-3-4-6-19(17)25;;/h3-10,13-14,18,22H,11-12H2,1-2H3,(H,24,26);2*1H. The number of benzene rings is 2. The van der Waals surface area contributed by atoms with Gasteiger partial charge in [-0.3, -0.25) is 4.79 Å². The lowest BCUT2D eigenvalue weighted by atomic mass is 10.0. The van der Waals surface area contributed by atoms with Crippen molar-refractivity contribution in [2.75, 3.05) is 13.6 Å². The summed E-state index contributed by atoms with van der Waals surface area (Å²) in [6.45, 7) is 2.99. The van der Waals surface area contributed by atoms with Crippen LogP contribution in [-0.4, -0.2) is 29.1 Å². The van der Waals surface area contributed by atoms with Gasteiger partial charge in [0.05, 0.1) is 23.4 Å². The Morgan fingerprint density at radius 3 is 2.50 bits per heavy atom. The van der Waals surface area contributed by atoms with Gasteiger partial charge >= 0.3 is 0 Å². The summed E-state index contributed by atoms with van der Waals surface area (Å²) < 4.78 is 15.3. The lowest BCUT2D eigenvalue weighted by molar-refractivity contribution is -0.125. The molecule has 0 aliphatic heterocycles. The van der Waals surface area contributed by atoms with Gasteiger partial charge in [-0.15, -0.1) is 24.8 Å². The molecule has 0 saturated carbocycles. The molecule has 5 nitrogen and oxygen atoms in total. The SMILES string of the molecule is CNCC(C)C(=O)NC(Cn1cnc2ccccc21)c1ccc(F)cc1.Cl.Cl. The Balaban J connectivity index is 0.00000196. The summed E-state index contributed by atoms with van der Waals surface area (Å²) in [5.41, 5.74) is 2.76. The molecule has 2 aromatic carbocycles. The van der Waals surface area contributed by atoms with Crippen molar-refractivity contribution in [1.82, 2.24) is 20.2 Å². The van der Waals surface area contributed by atoms with Gasteiger partial charge in [0, 0.05) is 19.0 Å². The van der Waals surface area contributed by atoms with Gasteiger partial charge < -0.3 is 15.2 Å². The van der Waals surface area contributed by atoms with E-state index >= 15 is 0 Å². The molecule has 3 rings (SSSR count). The maximum atomic E-state index is 13.3. The number of carbonyl (C=O) groups is 1. The molecular formula is C20H25Cl2FN4O. The van der Waals surface area contributed by atoms with Crippen LogP contribution in [0.2, 0.25) is 0 Å². The third kappa shape index (κ3) is 5.67. The van der Waals surface area contributed by atoms with Crippen molar-refractivity contribution in [3.63, 3.8) is 0 Å². The number of hydrogen-bond acceptors (Lipinski definition) is 3. The number of hydrogen-bond donors (Lipinski definition) is 2. The van der Waals surface area contributed by atoms with Crippen LogP contribution < -0.4 is 10.6 Å². The highest BCUT2D eigenvalue weighted by atomic mass is 35.5. The Morgan fingerprint density at radius 2 is 1.82 bits per heavy atom. The summed E-state index contributed by atoms with van der Waals surface area (Å²) in [6, 6.07) is 13.8. The van der Waals surface area contributed by atoms with E-state index in [9.17, 15) is 9.18 Å². The van der Waals surface area contributed by atoms with Gasteiger partial charge in [-0.1, -0.05) is 31.2 Å². The summed E-state index contributed by atoms with van der Waals surface area (Å²) in [5.74, 6) is -0.504. The van der Waals surface area contributed by atoms with Gasteiger partial charge in [-0.2, -0.15) is 0 Å². The first-order valence-electron chi connectivity index (χ1n) is 8.69. The average Bonchev–Trinajstić information content (AvgIpc) is 3.05. The third-order valence-electron chi connectivity index (χ3n) is 4.45. The number of imidazole rings is 1. The van der Waals surface area contributed by atoms with E-state index in [-0.39, 0.29) is 48.5 Å². The topological polar surface area (TPSA) is 59.0 Å². The van der Waals surface area contributed by atoms with E-state index in [1.54, 1.807) is 18.5 Å². The van der Waals surface area contributed by atoms with Crippen molar-refractivity contribution >= 4 is 41.8 Å². The quantitative estimate of drug-likeness (QED) is 0.604. The lowest BCUT2D eigenvalue weighted by Crippen LogP contribution is -2.38. The van der Waals surface area contributed by atoms with E-state index < -0.39 is 0 Å². The smallest absolute Gasteiger partial charge is 0.224 e. The Labute approximate surface area is 176 Å². The minimum atomic E-state index is -0.296. The summed E-state index contributed by atoms with van der Waals surface area (Å²) in [7, 11) is 1.82. The minimum Gasteiger partial charge on any atom is -0.347 e. The van der Waals surface area contributed by atoms with Gasteiger partial charge in [0.15, 0.2) is 0 Å². The molecule has 1 aromatic heterocycles. The van der Waals surface area contributed by atoms with E-state index in [1.807, 2.05) is 42.8 Å². The second-order valence-corrected chi connectivity index (χ2v) is 6.46. The van der Waals surface area contributed by atoms with Crippen molar-refractivity contribution in [2.24, 2.45) is 5.92 Å². The van der Waals surface area contributed by atoms with E-state index in [1.165, 1.54) is 12.1 Å². The number of para-hydroxylation sites is 2. The van der Waals surface area contributed by atoms with Crippen molar-refractivity contribution in [3.05, 3.63) is 66.2 Å². The first-order valence-corrected chi connectivity index (χ1v) is 8.69. The molecule has 2 atom stereocenters. The second kappa shape index (κ2) is 11.0. The fourth-order valence-corrected chi connectivity index (χ4v) is 2.99. The monoisotopic (exact) mass is 426 g/mol. The summed E-state index contributed by atoms with van der Waals surface area (Å²) in [6.07, 6.45) is 1.77. The molecule has 3 aromatic rings. The third-order valence-corrected chi connectivity index (χ3v) is 4.45. The fourth-order valence-electron chi connectivity index (χ4n) is 2.99. The van der Waals surface area contributed by atoms with Crippen molar-refractivity contribution in [1.29, 1.82) is 0 Å². The molecule has 152 valence electrons. The molecule has 0 saturated heterocycles. The second-order valence-electron chi connectivity index (χ2n) is 6.46. The number of rotatable bonds is 7. The molecule has 8 heteroatoms. The van der Waals surface area contributed by atoms with E-state index in [0.29, 0.717) is 13.1 Å². The first-order chi connectivity index (χ1) is 12.6. The van der Waals surface area contributed by atoms with Gasteiger partial charge in [-0.05, 0) is 36.9 Å². The zero-order valence-corrected chi connectivity index (χ0v) is 17.4. The first kappa shape index (κ1) is 23.9. The van der Waals surface area contributed by atoms with Crippen LogP contribution in [0.5, 0.6) is 0 Å². The highest BCUT2D eigenvalue weighted by molar-refractivity contribution is 5.85. The van der Waals surface area contributed by atoms with Crippen LogP contribution in [0, 0.1) is 11.7 Å². The van der Waals surface area contributed by atoms with Crippen molar-refractivity contribution < 1.29 is 9.18 Å². The number of aromatic nitrogens is 2. The van der Waals surface area contributed by atoms with Gasteiger partial charge in [0.2, 0.25) is 5.91 Å².